The Morgan fingerprint density at radius 2 is 1.79 bits per heavy atom. The molecule has 2 aromatic carbocycles. The first kappa shape index (κ1) is 11.7. The average molecular weight is 250 g/mol. The Morgan fingerprint density at radius 3 is 2.58 bits per heavy atom. The van der Waals surface area contributed by atoms with Crippen LogP contribution >= 0.6 is 0 Å². The summed E-state index contributed by atoms with van der Waals surface area (Å²) in [4.78, 5) is 4.13. The van der Waals surface area contributed by atoms with E-state index >= 15 is 0 Å². The van der Waals surface area contributed by atoms with Gasteiger partial charge in [0.25, 0.3) is 0 Å². The third kappa shape index (κ3) is 2.16. The Bertz CT molecular complexity index is 702. The van der Waals surface area contributed by atoms with E-state index in [1.165, 1.54) is 0 Å². The molecule has 3 nitrogen and oxygen atoms in total. The molecule has 1 heterocycles. The molecule has 1 aromatic heterocycles. The normalized spacial score (nSPS) is 12.5. The number of nitrogens with two attached hydrogens (primary N) is 1. The summed E-state index contributed by atoms with van der Waals surface area (Å²) in [5.74, 6) is 0. The minimum absolute atomic E-state index is 0.673. The van der Waals surface area contributed by atoms with Crippen molar-refractivity contribution in [3.8, 4) is 0 Å². The van der Waals surface area contributed by atoms with Gasteiger partial charge < -0.3 is 10.8 Å². The van der Waals surface area contributed by atoms with Crippen LogP contribution in [0.25, 0.3) is 10.8 Å². The van der Waals surface area contributed by atoms with E-state index in [0.29, 0.717) is 5.69 Å². The molecule has 94 valence electrons. The first-order valence-corrected chi connectivity index (χ1v) is 6.12. The number of aliphatic hydroxyl groups is 1. The Morgan fingerprint density at radius 1 is 1.00 bits per heavy atom. The number of aromatic nitrogens is 1. The van der Waals surface area contributed by atoms with Gasteiger partial charge in [0.1, 0.15) is 6.10 Å². The lowest BCUT2D eigenvalue weighted by atomic mass is 9.97. The molecule has 1 unspecified atom stereocenters. The summed E-state index contributed by atoms with van der Waals surface area (Å²) in [7, 11) is 0. The van der Waals surface area contributed by atoms with Gasteiger partial charge in [0, 0.05) is 23.5 Å². The topological polar surface area (TPSA) is 59.1 Å². The Balaban J connectivity index is 2.11. The maximum absolute atomic E-state index is 10.5. The zero-order chi connectivity index (χ0) is 13.2. The molecule has 0 spiro atoms. The molecule has 0 aliphatic heterocycles. The molecule has 3 rings (SSSR count). The molecule has 3 heteroatoms. The van der Waals surface area contributed by atoms with Crippen LogP contribution in [-0.4, -0.2) is 10.1 Å². The molecule has 0 saturated heterocycles. The summed E-state index contributed by atoms with van der Waals surface area (Å²) in [5.41, 5.74) is 8.04. The highest BCUT2D eigenvalue weighted by Crippen LogP contribution is 2.28. The van der Waals surface area contributed by atoms with Crippen molar-refractivity contribution in [3.63, 3.8) is 0 Å². The molecule has 0 bridgehead atoms. The van der Waals surface area contributed by atoms with Gasteiger partial charge in [-0.25, -0.2) is 0 Å². The number of rotatable bonds is 2. The van der Waals surface area contributed by atoms with Crippen molar-refractivity contribution in [3.05, 3.63) is 72.1 Å². The van der Waals surface area contributed by atoms with Gasteiger partial charge in [0.05, 0.1) is 0 Å². The monoisotopic (exact) mass is 250 g/mol. The smallest absolute Gasteiger partial charge is 0.105 e. The van der Waals surface area contributed by atoms with E-state index in [1.54, 1.807) is 24.5 Å². The van der Waals surface area contributed by atoms with Crippen LogP contribution in [0.1, 0.15) is 17.2 Å². The maximum Gasteiger partial charge on any atom is 0.105 e. The molecule has 3 N–H and O–H groups in total. The van der Waals surface area contributed by atoms with E-state index in [1.807, 2.05) is 36.4 Å². The SMILES string of the molecule is Nc1ccc(C(O)c2cccc3ccncc23)cc1. The molecular weight excluding hydrogens is 236 g/mol. The molecule has 0 aliphatic carbocycles. The molecule has 19 heavy (non-hydrogen) atoms. The van der Waals surface area contributed by atoms with Gasteiger partial charge in [-0.2, -0.15) is 0 Å². The van der Waals surface area contributed by atoms with E-state index < -0.39 is 6.10 Å². The van der Waals surface area contributed by atoms with Crippen molar-refractivity contribution < 1.29 is 5.11 Å². The van der Waals surface area contributed by atoms with Crippen LogP contribution in [0.5, 0.6) is 0 Å². The summed E-state index contributed by atoms with van der Waals surface area (Å²) in [6.45, 7) is 0. The second kappa shape index (κ2) is 4.71. The maximum atomic E-state index is 10.5. The van der Waals surface area contributed by atoms with E-state index in [4.69, 9.17) is 5.73 Å². The van der Waals surface area contributed by atoms with Crippen molar-refractivity contribution in [1.82, 2.24) is 4.98 Å². The van der Waals surface area contributed by atoms with E-state index in [0.717, 1.165) is 21.9 Å². The molecular formula is C16H14N2O. The Hall–Kier alpha value is -2.39. The second-order valence-electron chi connectivity index (χ2n) is 4.51. The van der Waals surface area contributed by atoms with Gasteiger partial charge in [-0.1, -0.05) is 30.3 Å². The summed E-state index contributed by atoms with van der Waals surface area (Å²) >= 11 is 0. The van der Waals surface area contributed by atoms with Crippen LogP contribution < -0.4 is 5.73 Å². The molecule has 1 atom stereocenters. The highest BCUT2D eigenvalue weighted by atomic mass is 16.3. The quantitative estimate of drug-likeness (QED) is 0.687. The zero-order valence-corrected chi connectivity index (χ0v) is 10.3. The highest BCUT2D eigenvalue weighted by Gasteiger charge is 2.13. The first-order chi connectivity index (χ1) is 9.25. The lowest BCUT2D eigenvalue weighted by molar-refractivity contribution is 0.222. The van der Waals surface area contributed by atoms with Gasteiger partial charge in [-0.3, -0.25) is 4.98 Å². The Labute approximate surface area is 111 Å². The molecule has 0 radical (unpaired) electrons. The predicted octanol–water partition coefficient (Wildman–Crippen LogP) is 2.90. The molecule has 0 amide bonds. The van der Waals surface area contributed by atoms with Crippen molar-refractivity contribution in [1.29, 1.82) is 0 Å². The van der Waals surface area contributed by atoms with Gasteiger partial charge in [0.15, 0.2) is 0 Å². The lowest BCUT2D eigenvalue weighted by Crippen LogP contribution is -2.01. The molecule has 0 aliphatic rings. The van der Waals surface area contributed by atoms with Gasteiger partial charge >= 0.3 is 0 Å². The van der Waals surface area contributed by atoms with Gasteiger partial charge in [0.2, 0.25) is 0 Å². The van der Waals surface area contributed by atoms with Crippen molar-refractivity contribution in [2.45, 2.75) is 6.10 Å². The predicted molar refractivity (Wildman–Crippen MR) is 76.7 cm³/mol. The largest absolute Gasteiger partial charge is 0.399 e. The van der Waals surface area contributed by atoms with Crippen molar-refractivity contribution in [2.24, 2.45) is 0 Å². The van der Waals surface area contributed by atoms with Crippen LogP contribution in [0.15, 0.2) is 60.9 Å². The molecule has 0 fully saturated rings. The fourth-order valence-corrected chi connectivity index (χ4v) is 2.23. The standard InChI is InChI=1S/C16H14N2O/c17-13-6-4-12(5-7-13)16(19)14-3-1-2-11-8-9-18-10-15(11)14/h1-10,16,19H,17H2. The number of hydrogen-bond acceptors (Lipinski definition) is 3. The van der Waals surface area contributed by atoms with Crippen LogP contribution in [0.4, 0.5) is 5.69 Å². The minimum Gasteiger partial charge on any atom is -0.399 e. The number of hydrogen-bond donors (Lipinski definition) is 2. The third-order valence-corrected chi connectivity index (χ3v) is 3.26. The fraction of sp³-hybridized carbons (Fsp3) is 0.0625. The van der Waals surface area contributed by atoms with Crippen molar-refractivity contribution in [2.75, 3.05) is 5.73 Å². The molecule has 0 saturated carbocycles. The van der Waals surface area contributed by atoms with Gasteiger partial charge in [-0.05, 0) is 34.7 Å². The number of nitrogen functional groups attached to an aromatic ring is 1. The average Bonchev–Trinajstić information content (AvgIpc) is 2.47. The summed E-state index contributed by atoms with van der Waals surface area (Å²) in [5, 5.41) is 12.6. The van der Waals surface area contributed by atoms with Crippen molar-refractivity contribution >= 4 is 16.5 Å². The van der Waals surface area contributed by atoms with Gasteiger partial charge in [-0.15, -0.1) is 0 Å². The summed E-state index contributed by atoms with van der Waals surface area (Å²) in [6, 6.07) is 15.1. The minimum atomic E-state index is -0.673. The number of nitrogens with zero attached hydrogens (tertiary/aromatic N) is 1. The second-order valence-corrected chi connectivity index (χ2v) is 4.51. The Kier molecular flexibility index (Phi) is 2.89. The van der Waals surface area contributed by atoms with Crippen LogP contribution in [-0.2, 0) is 0 Å². The number of fused-ring (bicyclic) bond motifs is 1. The summed E-state index contributed by atoms with van der Waals surface area (Å²) < 4.78 is 0. The number of benzene rings is 2. The number of pyridine rings is 1. The van der Waals surface area contributed by atoms with E-state index in [-0.39, 0.29) is 0 Å². The van der Waals surface area contributed by atoms with Crippen LogP contribution in [0.2, 0.25) is 0 Å². The number of aliphatic hydroxyl groups excluding tert-OH is 1. The lowest BCUT2D eigenvalue weighted by Gasteiger charge is -2.14. The van der Waals surface area contributed by atoms with Crippen LogP contribution in [0.3, 0.4) is 0 Å². The zero-order valence-electron chi connectivity index (χ0n) is 10.3. The van der Waals surface area contributed by atoms with E-state index in [2.05, 4.69) is 4.98 Å². The molecule has 3 aromatic rings. The van der Waals surface area contributed by atoms with E-state index in [9.17, 15) is 5.11 Å². The van der Waals surface area contributed by atoms with Crippen LogP contribution in [0, 0.1) is 0 Å². The first-order valence-electron chi connectivity index (χ1n) is 6.12. The fourth-order valence-electron chi connectivity index (χ4n) is 2.23. The third-order valence-electron chi connectivity index (χ3n) is 3.26. The highest BCUT2D eigenvalue weighted by molar-refractivity contribution is 5.85. The summed E-state index contributed by atoms with van der Waals surface area (Å²) in [6.07, 6.45) is 2.86. The number of anilines is 1.